The Balaban J connectivity index is 1.31. The van der Waals surface area contributed by atoms with Crippen molar-refractivity contribution in [1.82, 2.24) is 9.97 Å². The first kappa shape index (κ1) is 25.0. The van der Waals surface area contributed by atoms with Crippen molar-refractivity contribution in [3.8, 4) is 11.1 Å². The number of carbonyl (C=O) groups is 2. The molecule has 1 aliphatic heterocycles. The van der Waals surface area contributed by atoms with Gasteiger partial charge in [-0.15, -0.1) is 0 Å². The number of aromatic nitrogens is 2. The number of fused-ring (bicyclic) bond motifs is 2. The molecule has 3 heterocycles. The lowest BCUT2D eigenvalue weighted by atomic mass is 9.99. The summed E-state index contributed by atoms with van der Waals surface area (Å²) in [4.78, 5) is 37.8. The first-order valence-corrected chi connectivity index (χ1v) is 13.0. The number of nitrogens with one attached hydrogen (secondary N) is 2. The standard InChI is InChI=1S/C33H27N5O2/c1-21-19-29(37-32(39)26-10-4-3-9-25(26)23-13-16-34-17-14-23)22(2)18-27(21)33(40)38-20-24-8-7-15-35-31(24)36-28-11-5-6-12-30(28)38/h3-19H,20H2,1-2H3,(H,35,36)(H,37,39). The van der Waals surface area contributed by atoms with Crippen LogP contribution in [0.25, 0.3) is 11.1 Å². The zero-order chi connectivity index (χ0) is 27.6. The monoisotopic (exact) mass is 525 g/mol. The minimum atomic E-state index is -0.217. The summed E-state index contributed by atoms with van der Waals surface area (Å²) in [7, 11) is 0. The zero-order valence-electron chi connectivity index (χ0n) is 22.2. The highest BCUT2D eigenvalue weighted by molar-refractivity contribution is 6.11. The average molecular weight is 526 g/mol. The maximum atomic E-state index is 14.0. The zero-order valence-corrected chi connectivity index (χ0v) is 22.2. The maximum Gasteiger partial charge on any atom is 0.258 e. The van der Waals surface area contributed by atoms with E-state index in [9.17, 15) is 9.59 Å². The van der Waals surface area contributed by atoms with Crippen LogP contribution in [0, 0.1) is 13.8 Å². The number of benzene rings is 3. The molecular weight excluding hydrogens is 498 g/mol. The lowest BCUT2D eigenvalue weighted by Crippen LogP contribution is -2.30. The van der Waals surface area contributed by atoms with E-state index in [0.717, 1.165) is 45.0 Å². The molecule has 0 unspecified atom stereocenters. The highest BCUT2D eigenvalue weighted by atomic mass is 16.2. The van der Waals surface area contributed by atoms with E-state index in [4.69, 9.17) is 0 Å². The summed E-state index contributed by atoms with van der Waals surface area (Å²) >= 11 is 0. The maximum absolute atomic E-state index is 14.0. The highest BCUT2D eigenvalue weighted by Gasteiger charge is 2.27. The van der Waals surface area contributed by atoms with Gasteiger partial charge in [0.15, 0.2) is 0 Å². The van der Waals surface area contributed by atoms with Crippen LogP contribution < -0.4 is 15.5 Å². The number of anilines is 4. The van der Waals surface area contributed by atoms with E-state index in [-0.39, 0.29) is 11.8 Å². The van der Waals surface area contributed by atoms with Gasteiger partial charge >= 0.3 is 0 Å². The fourth-order valence-electron chi connectivity index (χ4n) is 5.04. The number of nitrogens with zero attached hydrogens (tertiary/aromatic N) is 3. The van der Waals surface area contributed by atoms with Crippen LogP contribution >= 0.6 is 0 Å². The van der Waals surface area contributed by atoms with Crippen molar-refractivity contribution in [2.45, 2.75) is 20.4 Å². The van der Waals surface area contributed by atoms with Gasteiger partial charge in [-0.05, 0) is 84.6 Å². The van der Waals surface area contributed by atoms with Gasteiger partial charge in [0, 0.05) is 41.0 Å². The van der Waals surface area contributed by atoms with Crippen molar-refractivity contribution >= 4 is 34.7 Å². The molecule has 2 aromatic heterocycles. The quantitative estimate of drug-likeness (QED) is 0.266. The van der Waals surface area contributed by atoms with Gasteiger partial charge in [0.1, 0.15) is 5.82 Å². The second-order valence-corrected chi connectivity index (χ2v) is 9.76. The molecule has 196 valence electrons. The van der Waals surface area contributed by atoms with E-state index in [1.165, 1.54) is 0 Å². The Morgan fingerprint density at radius 3 is 2.45 bits per heavy atom. The summed E-state index contributed by atoms with van der Waals surface area (Å²) in [6.07, 6.45) is 5.16. The molecule has 0 bridgehead atoms. The summed E-state index contributed by atoms with van der Waals surface area (Å²) in [5.41, 5.74) is 7.65. The Labute approximate surface area is 232 Å². The van der Waals surface area contributed by atoms with Crippen LogP contribution in [0.2, 0.25) is 0 Å². The minimum absolute atomic E-state index is 0.118. The lowest BCUT2D eigenvalue weighted by molar-refractivity contribution is 0.0983. The second kappa shape index (κ2) is 10.5. The summed E-state index contributed by atoms with van der Waals surface area (Å²) in [6.45, 7) is 4.18. The van der Waals surface area contributed by atoms with Gasteiger partial charge in [-0.1, -0.05) is 36.4 Å². The van der Waals surface area contributed by atoms with Crippen molar-refractivity contribution in [3.05, 3.63) is 131 Å². The van der Waals surface area contributed by atoms with Crippen molar-refractivity contribution in [3.63, 3.8) is 0 Å². The molecule has 7 nitrogen and oxygen atoms in total. The summed E-state index contributed by atoms with van der Waals surface area (Å²) in [5.74, 6) is 0.404. The topological polar surface area (TPSA) is 87.2 Å². The Morgan fingerprint density at radius 2 is 1.60 bits per heavy atom. The van der Waals surface area contributed by atoms with Crippen LogP contribution in [0.5, 0.6) is 0 Å². The van der Waals surface area contributed by atoms with Crippen LogP contribution in [-0.4, -0.2) is 21.8 Å². The van der Waals surface area contributed by atoms with Crippen LogP contribution in [0.4, 0.5) is 22.9 Å². The Bertz CT molecular complexity index is 1750. The Kier molecular flexibility index (Phi) is 6.54. The molecular formula is C33H27N5O2. The van der Waals surface area contributed by atoms with Crippen molar-refractivity contribution < 1.29 is 9.59 Å². The van der Waals surface area contributed by atoms with Crippen LogP contribution in [0.15, 0.2) is 104 Å². The molecule has 0 spiro atoms. The molecule has 0 radical (unpaired) electrons. The molecule has 0 fully saturated rings. The van der Waals surface area contributed by atoms with Gasteiger partial charge in [-0.25, -0.2) is 4.98 Å². The first-order valence-electron chi connectivity index (χ1n) is 13.0. The molecule has 40 heavy (non-hydrogen) atoms. The van der Waals surface area contributed by atoms with Crippen LogP contribution in [0.1, 0.15) is 37.4 Å². The van der Waals surface area contributed by atoms with Crippen LogP contribution in [0.3, 0.4) is 0 Å². The Hall–Kier alpha value is -5.30. The predicted molar refractivity (Wildman–Crippen MR) is 158 cm³/mol. The lowest BCUT2D eigenvalue weighted by Gasteiger charge is -2.24. The molecule has 6 rings (SSSR count). The number of carbonyl (C=O) groups excluding carboxylic acids is 2. The molecule has 3 aromatic carbocycles. The van der Waals surface area contributed by atoms with Gasteiger partial charge in [0.2, 0.25) is 0 Å². The number of hydrogen-bond acceptors (Lipinski definition) is 5. The van der Waals surface area contributed by atoms with Crippen molar-refractivity contribution in [1.29, 1.82) is 0 Å². The fraction of sp³-hybridized carbons (Fsp3) is 0.0909. The SMILES string of the molecule is Cc1cc(C(=O)N2Cc3cccnc3Nc3ccccc32)c(C)cc1NC(=O)c1ccccc1-c1ccncc1. The molecule has 2 amide bonds. The van der Waals surface area contributed by atoms with E-state index in [1.54, 1.807) is 23.5 Å². The third-order valence-electron chi connectivity index (χ3n) is 7.13. The number of pyridine rings is 2. The fourth-order valence-corrected chi connectivity index (χ4v) is 5.04. The summed E-state index contributed by atoms with van der Waals surface area (Å²) in [5, 5.41) is 6.44. The third kappa shape index (κ3) is 4.69. The number of amides is 2. The van der Waals surface area contributed by atoms with Crippen LogP contribution in [-0.2, 0) is 6.54 Å². The average Bonchev–Trinajstić information content (AvgIpc) is 3.16. The first-order chi connectivity index (χ1) is 19.5. The number of hydrogen-bond donors (Lipinski definition) is 2. The molecule has 0 atom stereocenters. The molecule has 5 aromatic rings. The van der Waals surface area contributed by atoms with Gasteiger partial charge in [-0.3, -0.25) is 14.6 Å². The second-order valence-electron chi connectivity index (χ2n) is 9.76. The third-order valence-corrected chi connectivity index (χ3v) is 7.13. The molecule has 1 aliphatic rings. The molecule has 0 aliphatic carbocycles. The smallest absolute Gasteiger partial charge is 0.258 e. The molecule has 0 saturated heterocycles. The largest absolute Gasteiger partial charge is 0.338 e. The molecule has 0 saturated carbocycles. The predicted octanol–water partition coefficient (Wildman–Crippen LogP) is 6.92. The van der Waals surface area contributed by atoms with Crippen molar-refractivity contribution in [2.75, 3.05) is 15.5 Å². The van der Waals surface area contributed by atoms with E-state index in [0.29, 0.717) is 23.4 Å². The molecule has 2 N–H and O–H groups in total. The van der Waals surface area contributed by atoms with E-state index >= 15 is 0 Å². The van der Waals surface area contributed by atoms with E-state index in [2.05, 4.69) is 20.6 Å². The Morgan fingerprint density at radius 1 is 0.825 bits per heavy atom. The van der Waals surface area contributed by atoms with Gasteiger partial charge < -0.3 is 15.5 Å². The number of rotatable bonds is 4. The highest BCUT2D eigenvalue weighted by Crippen LogP contribution is 2.36. The van der Waals surface area contributed by atoms with Gasteiger partial charge in [-0.2, -0.15) is 0 Å². The number of para-hydroxylation sites is 2. The van der Waals surface area contributed by atoms with E-state index < -0.39 is 0 Å². The normalized spacial score (nSPS) is 12.0. The molecule has 7 heteroatoms. The van der Waals surface area contributed by atoms with E-state index in [1.807, 2.05) is 98.8 Å². The van der Waals surface area contributed by atoms with Gasteiger partial charge in [0.05, 0.1) is 17.9 Å². The summed E-state index contributed by atoms with van der Waals surface area (Å²) in [6, 6.07) is 26.6. The number of aryl methyl sites for hydroxylation is 2. The van der Waals surface area contributed by atoms with Crippen molar-refractivity contribution in [2.24, 2.45) is 0 Å². The minimum Gasteiger partial charge on any atom is -0.338 e. The summed E-state index contributed by atoms with van der Waals surface area (Å²) < 4.78 is 0. The van der Waals surface area contributed by atoms with Gasteiger partial charge in [0.25, 0.3) is 11.8 Å².